The average molecular weight is 312 g/mol. The van der Waals surface area contributed by atoms with Gasteiger partial charge >= 0.3 is 0 Å². The topological polar surface area (TPSA) is 72.9 Å². The lowest BCUT2D eigenvalue weighted by Crippen LogP contribution is -2.25. The molecule has 0 bridgehead atoms. The molecule has 2 unspecified atom stereocenters. The van der Waals surface area contributed by atoms with Crippen molar-refractivity contribution in [1.29, 1.82) is 0 Å². The maximum absolute atomic E-state index is 12.6. The number of imidazole rings is 1. The summed E-state index contributed by atoms with van der Waals surface area (Å²) in [7, 11) is 0. The van der Waals surface area contributed by atoms with Crippen LogP contribution in [0.15, 0.2) is 24.3 Å². The molecule has 2 saturated carbocycles. The summed E-state index contributed by atoms with van der Waals surface area (Å²) in [5.74, 6) is 0.818. The standard InChI is InChI=1S/C18H24N4O/c19-13-10-9-12(11-13)17(23)21-18-20-15-7-3-4-8-16(15)22(18)14-5-1-2-6-14/h3-4,7-8,12-14H,1-2,5-6,9-11,19H2,(H,20,21,23). The molecule has 1 aromatic carbocycles. The summed E-state index contributed by atoms with van der Waals surface area (Å²) >= 11 is 0. The van der Waals surface area contributed by atoms with E-state index in [1.165, 1.54) is 12.8 Å². The number of rotatable bonds is 3. The first-order valence-corrected chi connectivity index (χ1v) is 8.76. The van der Waals surface area contributed by atoms with Crippen molar-refractivity contribution in [3.63, 3.8) is 0 Å². The van der Waals surface area contributed by atoms with Crippen LogP contribution in [0.2, 0.25) is 0 Å². The van der Waals surface area contributed by atoms with Gasteiger partial charge in [0.2, 0.25) is 11.9 Å². The maximum Gasteiger partial charge on any atom is 0.229 e. The van der Waals surface area contributed by atoms with Gasteiger partial charge in [-0.2, -0.15) is 0 Å². The van der Waals surface area contributed by atoms with Gasteiger partial charge in [-0.25, -0.2) is 4.98 Å². The summed E-state index contributed by atoms with van der Waals surface area (Å²) in [5.41, 5.74) is 8.03. The molecular weight excluding hydrogens is 288 g/mol. The van der Waals surface area contributed by atoms with Gasteiger partial charge in [-0.1, -0.05) is 25.0 Å². The summed E-state index contributed by atoms with van der Waals surface area (Å²) in [5, 5.41) is 3.10. The number of carbonyl (C=O) groups is 1. The highest BCUT2D eigenvalue weighted by Crippen LogP contribution is 2.35. The van der Waals surface area contributed by atoms with Crippen molar-refractivity contribution in [2.45, 2.75) is 57.0 Å². The van der Waals surface area contributed by atoms with E-state index in [2.05, 4.69) is 20.9 Å². The van der Waals surface area contributed by atoms with Crippen molar-refractivity contribution in [3.8, 4) is 0 Å². The Kier molecular flexibility index (Phi) is 3.81. The number of anilines is 1. The molecule has 3 N–H and O–H groups in total. The summed E-state index contributed by atoms with van der Waals surface area (Å²) in [6, 6.07) is 8.76. The Bertz CT molecular complexity index is 717. The van der Waals surface area contributed by atoms with E-state index in [0.717, 1.165) is 43.1 Å². The number of nitrogens with two attached hydrogens (primary N) is 1. The van der Waals surface area contributed by atoms with Crippen LogP contribution >= 0.6 is 0 Å². The van der Waals surface area contributed by atoms with E-state index >= 15 is 0 Å². The Morgan fingerprint density at radius 3 is 2.70 bits per heavy atom. The molecule has 2 atom stereocenters. The molecule has 1 heterocycles. The zero-order valence-electron chi connectivity index (χ0n) is 13.4. The largest absolute Gasteiger partial charge is 0.328 e. The van der Waals surface area contributed by atoms with Crippen molar-refractivity contribution in [3.05, 3.63) is 24.3 Å². The van der Waals surface area contributed by atoms with Crippen LogP contribution < -0.4 is 11.1 Å². The van der Waals surface area contributed by atoms with Gasteiger partial charge < -0.3 is 10.3 Å². The molecule has 2 aromatic rings. The lowest BCUT2D eigenvalue weighted by molar-refractivity contribution is -0.119. The third-order valence-electron chi connectivity index (χ3n) is 5.36. The Labute approximate surface area is 136 Å². The smallest absolute Gasteiger partial charge is 0.229 e. The van der Waals surface area contributed by atoms with E-state index in [4.69, 9.17) is 5.73 Å². The van der Waals surface area contributed by atoms with Crippen LogP contribution in [-0.2, 0) is 4.79 Å². The van der Waals surface area contributed by atoms with Gasteiger partial charge in [-0.3, -0.25) is 10.1 Å². The van der Waals surface area contributed by atoms with Crippen LogP contribution in [-0.4, -0.2) is 21.5 Å². The van der Waals surface area contributed by atoms with Gasteiger partial charge in [0.05, 0.1) is 11.0 Å². The molecule has 2 aliphatic carbocycles. The second kappa shape index (κ2) is 5.96. The molecule has 1 amide bonds. The summed E-state index contributed by atoms with van der Waals surface area (Å²) in [6.07, 6.45) is 7.45. The minimum Gasteiger partial charge on any atom is -0.328 e. The second-order valence-corrected chi connectivity index (χ2v) is 6.99. The number of hydrogen-bond acceptors (Lipinski definition) is 3. The number of amides is 1. The van der Waals surface area contributed by atoms with Crippen LogP contribution in [0.3, 0.4) is 0 Å². The molecule has 1 aromatic heterocycles. The number of hydrogen-bond donors (Lipinski definition) is 2. The Hall–Kier alpha value is -1.88. The fourth-order valence-corrected chi connectivity index (χ4v) is 4.13. The predicted octanol–water partition coefficient (Wildman–Crippen LogP) is 3.22. The molecule has 0 aliphatic heterocycles. The van der Waals surface area contributed by atoms with Gasteiger partial charge in [-0.15, -0.1) is 0 Å². The second-order valence-electron chi connectivity index (χ2n) is 6.99. The van der Waals surface area contributed by atoms with Gasteiger partial charge in [0, 0.05) is 18.0 Å². The van der Waals surface area contributed by atoms with Crippen LogP contribution in [0.25, 0.3) is 11.0 Å². The molecular formula is C18H24N4O. The van der Waals surface area contributed by atoms with E-state index in [1.54, 1.807) is 0 Å². The predicted molar refractivity (Wildman–Crippen MR) is 91.2 cm³/mol. The number of nitrogens with one attached hydrogen (secondary N) is 1. The highest BCUT2D eigenvalue weighted by atomic mass is 16.2. The number of para-hydroxylation sites is 2. The third-order valence-corrected chi connectivity index (χ3v) is 5.36. The van der Waals surface area contributed by atoms with E-state index in [0.29, 0.717) is 12.0 Å². The van der Waals surface area contributed by atoms with Gasteiger partial charge in [0.15, 0.2) is 0 Å². The lowest BCUT2D eigenvalue weighted by atomic mass is 10.1. The summed E-state index contributed by atoms with van der Waals surface area (Å²) < 4.78 is 2.25. The molecule has 2 fully saturated rings. The number of nitrogens with zero attached hydrogens (tertiary/aromatic N) is 2. The summed E-state index contributed by atoms with van der Waals surface area (Å²) in [6.45, 7) is 0. The Morgan fingerprint density at radius 2 is 1.96 bits per heavy atom. The molecule has 0 radical (unpaired) electrons. The summed E-state index contributed by atoms with van der Waals surface area (Å²) in [4.78, 5) is 17.3. The van der Waals surface area contributed by atoms with Crippen LogP contribution in [0.5, 0.6) is 0 Å². The zero-order chi connectivity index (χ0) is 15.8. The van der Waals surface area contributed by atoms with Gasteiger partial charge in [0.1, 0.15) is 0 Å². The van der Waals surface area contributed by atoms with Crippen molar-refractivity contribution in [2.24, 2.45) is 11.7 Å². The first-order valence-electron chi connectivity index (χ1n) is 8.76. The molecule has 4 rings (SSSR count). The minimum absolute atomic E-state index is 0.0295. The SMILES string of the molecule is NC1CCC(C(=O)Nc2nc3ccccc3n2C2CCCC2)C1. The fraction of sp³-hybridized carbons (Fsp3) is 0.556. The molecule has 23 heavy (non-hydrogen) atoms. The molecule has 5 nitrogen and oxygen atoms in total. The fourth-order valence-electron chi connectivity index (χ4n) is 4.13. The highest BCUT2D eigenvalue weighted by molar-refractivity contribution is 5.93. The van der Waals surface area contributed by atoms with Crippen LogP contribution in [0.4, 0.5) is 5.95 Å². The van der Waals surface area contributed by atoms with E-state index in [1.807, 2.05) is 18.2 Å². The van der Waals surface area contributed by atoms with Crippen molar-refractivity contribution in [1.82, 2.24) is 9.55 Å². The number of fused-ring (bicyclic) bond motifs is 1. The van der Waals surface area contributed by atoms with E-state index in [9.17, 15) is 4.79 Å². The highest BCUT2D eigenvalue weighted by Gasteiger charge is 2.30. The average Bonchev–Trinajstić information content (AvgIpc) is 3.25. The normalized spacial score (nSPS) is 25.3. The molecule has 0 saturated heterocycles. The van der Waals surface area contributed by atoms with Crippen molar-refractivity contribution in [2.75, 3.05) is 5.32 Å². The molecule has 2 aliphatic rings. The van der Waals surface area contributed by atoms with E-state index < -0.39 is 0 Å². The number of carbonyl (C=O) groups excluding carboxylic acids is 1. The van der Waals surface area contributed by atoms with Crippen LogP contribution in [0.1, 0.15) is 51.0 Å². The van der Waals surface area contributed by atoms with Crippen molar-refractivity contribution >= 4 is 22.9 Å². The first kappa shape index (κ1) is 14.7. The third kappa shape index (κ3) is 2.74. The van der Waals surface area contributed by atoms with Crippen molar-refractivity contribution < 1.29 is 4.79 Å². The van der Waals surface area contributed by atoms with Gasteiger partial charge in [0.25, 0.3) is 0 Å². The Morgan fingerprint density at radius 1 is 1.17 bits per heavy atom. The minimum atomic E-state index is 0.0295. The molecule has 5 heteroatoms. The van der Waals surface area contributed by atoms with Crippen LogP contribution in [0, 0.1) is 5.92 Å². The first-order chi connectivity index (χ1) is 11.2. The number of aromatic nitrogens is 2. The number of benzene rings is 1. The zero-order valence-corrected chi connectivity index (χ0v) is 13.4. The molecule has 122 valence electrons. The lowest BCUT2D eigenvalue weighted by Gasteiger charge is -2.17. The maximum atomic E-state index is 12.6. The van der Waals surface area contributed by atoms with E-state index in [-0.39, 0.29) is 17.9 Å². The van der Waals surface area contributed by atoms with Gasteiger partial charge in [-0.05, 0) is 44.2 Å². The molecule has 0 spiro atoms. The quantitative estimate of drug-likeness (QED) is 0.914. The Balaban J connectivity index is 1.65. The monoisotopic (exact) mass is 312 g/mol.